The van der Waals surface area contributed by atoms with Gasteiger partial charge in [0.15, 0.2) is 9.84 Å². The molecule has 0 amide bonds. The number of hydrogen-bond acceptors (Lipinski definition) is 4. The number of imidazole rings is 1. The number of halogens is 1. The van der Waals surface area contributed by atoms with Gasteiger partial charge in [0.2, 0.25) is 0 Å². The van der Waals surface area contributed by atoms with E-state index >= 15 is 0 Å². The van der Waals surface area contributed by atoms with Crippen LogP contribution in [-0.4, -0.2) is 38.3 Å². The maximum Gasteiger partial charge on any atom is 0.175 e. The number of benzene rings is 3. The Hall–Kier alpha value is -3.45. The Labute approximate surface area is 181 Å². The van der Waals surface area contributed by atoms with Gasteiger partial charge in [0.25, 0.3) is 0 Å². The van der Waals surface area contributed by atoms with E-state index in [0.29, 0.717) is 11.4 Å². The average Bonchev–Trinajstić information content (AvgIpc) is 3.22. The Morgan fingerprint density at radius 3 is 2.32 bits per heavy atom. The van der Waals surface area contributed by atoms with Crippen molar-refractivity contribution in [2.75, 3.05) is 25.3 Å². The lowest BCUT2D eigenvalue weighted by Crippen LogP contribution is -2.12. The highest BCUT2D eigenvalue weighted by atomic mass is 32.2. The molecule has 1 aromatic heterocycles. The molecule has 31 heavy (non-hydrogen) atoms. The van der Waals surface area contributed by atoms with Gasteiger partial charge in [0.05, 0.1) is 16.1 Å². The predicted octanol–water partition coefficient (Wildman–Crippen LogP) is 4.81. The minimum atomic E-state index is -3.28. The quantitative estimate of drug-likeness (QED) is 0.451. The second-order valence-corrected chi connectivity index (χ2v) is 9.51. The number of aromatic nitrogens is 2. The summed E-state index contributed by atoms with van der Waals surface area (Å²) >= 11 is 0. The van der Waals surface area contributed by atoms with Crippen molar-refractivity contribution in [2.45, 2.75) is 4.90 Å². The molecule has 3 aromatic carbocycles. The van der Waals surface area contributed by atoms with Gasteiger partial charge in [-0.15, -0.1) is 0 Å². The minimum absolute atomic E-state index is 0.279. The highest BCUT2D eigenvalue weighted by molar-refractivity contribution is 7.90. The first-order valence-corrected chi connectivity index (χ1v) is 11.6. The molecule has 0 saturated carbocycles. The van der Waals surface area contributed by atoms with Crippen LogP contribution in [-0.2, 0) is 9.84 Å². The lowest BCUT2D eigenvalue weighted by Gasteiger charge is -2.18. The van der Waals surface area contributed by atoms with Crippen molar-refractivity contribution in [2.24, 2.45) is 0 Å². The van der Waals surface area contributed by atoms with Gasteiger partial charge < -0.3 is 4.90 Å². The molecule has 5 nitrogen and oxygen atoms in total. The van der Waals surface area contributed by atoms with Crippen molar-refractivity contribution in [1.29, 1.82) is 0 Å². The molecule has 0 radical (unpaired) electrons. The Morgan fingerprint density at radius 2 is 1.65 bits per heavy atom. The lowest BCUT2D eigenvalue weighted by molar-refractivity contribution is 0.602. The summed E-state index contributed by atoms with van der Waals surface area (Å²) in [4.78, 5) is 6.55. The van der Waals surface area contributed by atoms with E-state index in [1.165, 1.54) is 12.3 Å². The van der Waals surface area contributed by atoms with Crippen LogP contribution >= 0.6 is 0 Å². The number of sulfone groups is 1. The summed E-state index contributed by atoms with van der Waals surface area (Å²) < 4.78 is 40.3. The van der Waals surface area contributed by atoms with Crippen molar-refractivity contribution in [3.05, 3.63) is 84.9 Å². The van der Waals surface area contributed by atoms with Crippen LogP contribution in [0.4, 0.5) is 10.1 Å². The largest absolute Gasteiger partial charge is 0.377 e. The van der Waals surface area contributed by atoms with Crippen LogP contribution in [0, 0.1) is 5.82 Å². The summed E-state index contributed by atoms with van der Waals surface area (Å²) in [7, 11) is 0.452. The maximum absolute atomic E-state index is 14.8. The third-order valence-corrected chi connectivity index (χ3v) is 6.19. The van der Waals surface area contributed by atoms with Gasteiger partial charge in [-0.2, -0.15) is 0 Å². The van der Waals surface area contributed by atoms with Crippen molar-refractivity contribution in [3.8, 4) is 28.2 Å². The molecule has 7 heteroatoms. The zero-order valence-electron chi connectivity index (χ0n) is 17.4. The fraction of sp³-hybridized carbons (Fsp3) is 0.125. The third-order valence-electron chi connectivity index (χ3n) is 5.08. The monoisotopic (exact) mass is 435 g/mol. The molecule has 0 bridgehead atoms. The van der Waals surface area contributed by atoms with E-state index in [2.05, 4.69) is 4.98 Å². The van der Waals surface area contributed by atoms with Gasteiger partial charge >= 0.3 is 0 Å². The molecule has 0 fully saturated rings. The molecule has 4 aromatic rings. The molecule has 0 aliphatic rings. The Kier molecular flexibility index (Phi) is 5.37. The topological polar surface area (TPSA) is 55.2 Å². The normalized spacial score (nSPS) is 11.5. The molecule has 1 heterocycles. The van der Waals surface area contributed by atoms with Crippen LogP contribution in [0.5, 0.6) is 0 Å². The fourth-order valence-corrected chi connectivity index (χ4v) is 4.19. The van der Waals surface area contributed by atoms with Crippen molar-refractivity contribution < 1.29 is 12.8 Å². The van der Waals surface area contributed by atoms with E-state index in [9.17, 15) is 12.8 Å². The van der Waals surface area contributed by atoms with Gasteiger partial charge in [-0.3, -0.25) is 4.57 Å². The first-order chi connectivity index (χ1) is 14.8. The second kappa shape index (κ2) is 8.00. The lowest BCUT2D eigenvalue weighted by atomic mass is 10.1. The highest BCUT2D eigenvalue weighted by Gasteiger charge is 2.18. The van der Waals surface area contributed by atoms with Crippen LogP contribution < -0.4 is 4.90 Å². The van der Waals surface area contributed by atoms with Crippen LogP contribution in [0.15, 0.2) is 84.0 Å². The molecule has 4 rings (SSSR count). The van der Waals surface area contributed by atoms with Gasteiger partial charge in [-0.1, -0.05) is 30.3 Å². The summed E-state index contributed by atoms with van der Waals surface area (Å²) in [5.74, 6) is 0.168. The Balaban J connectivity index is 1.75. The van der Waals surface area contributed by atoms with Crippen LogP contribution in [0.2, 0.25) is 0 Å². The molecule has 0 N–H and O–H groups in total. The summed E-state index contributed by atoms with van der Waals surface area (Å²) in [6.45, 7) is 0. The molecule has 0 spiro atoms. The van der Waals surface area contributed by atoms with E-state index in [1.54, 1.807) is 36.7 Å². The van der Waals surface area contributed by atoms with Crippen LogP contribution in [0.25, 0.3) is 28.2 Å². The Bertz CT molecular complexity index is 1340. The number of anilines is 1. The molecule has 0 aliphatic carbocycles. The molecule has 0 aliphatic heterocycles. The Morgan fingerprint density at radius 1 is 0.935 bits per heavy atom. The fourth-order valence-electron chi connectivity index (χ4n) is 3.52. The second-order valence-electron chi connectivity index (χ2n) is 7.50. The zero-order valence-corrected chi connectivity index (χ0v) is 18.3. The first kappa shape index (κ1) is 20.8. The number of nitrogens with zero attached hydrogens (tertiary/aromatic N) is 3. The van der Waals surface area contributed by atoms with E-state index in [4.69, 9.17) is 0 Å². The van der Waals surface area contributed by atoms with E-state index < -0.39 is 9.84 Å². The summed E-state index contributed by atoms with van der Waals surface area (Å²) in [5.41, 5.74) is 3.69. The molecule has 0 atom stereocenters. The zero-order chi connectivity index (χ0) is 22.2. The SMILES string of the molecule is CN(C)c1cccc(F)c1-c1nccn1-c1ccc(-c2cccc(S(C)(=O)=O)c2)cc1. The molecular weight excluding hydrogens is 413 g/mol. The standard InChI is InChI=1S/C24H22FN3O2S/c1-27(2)22-9-5-8-21(25)23(22)24-26-14-15-28(24)19-12-10-17(11-13-19)18-6-4-7-20(16-18)31(3,29)30/h4-16H,1-3H3. The van der Waals surface area contributed by atoms with Gasteiger partial charge in [0, 0.05) is 38.4 Å². The van der Waals surface area contributed by atoms with Crippen LogP contribution in [0.3, 0.4) is 0 Å². The van der Waals surface area contributed by atoms with Gasteiger partial charge in [-0.25, -0.2) is 17.8 Å². The molecular formula is C24H22FN3O2S. The predicted molar refractivity (Wildman–Crippen MR) is 122 cm³/mol. The smallest absolute Gasteiger partial charge is 0.175 e. The van der Waals surface area contributed by atoms with Crippen molar-refractivity contribution in [1.82, 2.24) is 9.55 Å². The summed E-state index contributed by atoms with van der Waals surface area (Å²) in [6.07, 6.45) is 4.63. The van der Waals surface area contributed by atoms with Gasteiger partial charge in [0.1, 0.15) is 11.6 Å². The third kappa shape index (κ3) is 4.09. The molecule has 158 valence electrons. The molecule has 0 saturated heterocycles. The minimum Gasteiger partial charge on any atom is -0.377 e. The summed E-state index contributed by atoms with van der Waals surface area (Å²) in [5, 5.41) is 0. The van der Waals surface area contributed by atoms with Crippen molar-refractivity contribution >= 4 is 15.5 Å². The van der Waals surface area contributed by atoms with Gasteiger partial charge in [-0.05, 0) is 47.5 Å². The average molecular weight is 436 g/mol. The highest BCUT2D eigenvalue weighted by Crippen LogP contribution is 2.33. The van der Waals surface area contributed by atoms with E-state index in [1.807, 2.05) is 60.0 Å². The number of hydrogen-bond donors (Lipinski definition) is 0. The molecule has 0 unspecified atom stereocenters. The number of rotatable bonds is 5. The van der Waals surface area contributed by atoms with Crippen molar-refractivity contribution in [3.63, 3.8) is 0 Å². The van der Waals surface area contributed by atoms with E-state index in [-0.39, 0.29) is 10.7 Å². The maximum atomic E-state index is 14.8. The summed E-state index contributed by atoms with van der Waals surface area (Å²) in [6, 6.07) is 19.5. The first-order valence-electron chi connectivity index (χ1n) is 9.66. The van der Waals surface area contributed by atoms with Crippen LogP contribution in [0.1, 0.15) is 0 Å². The van der Waals surface area contributed by atoms with E-state index in [0.717, 1.165) is 22.5 Å².